The van der Waals surface area contributed by atoms with Crippen LogP contribution in [0, 0.1) is 0 Å². The van der Waals surface area contributed by atoms with Crippen molar-refractivity contribution >= 4 is 29.5 Å². The summed E-state index contributed by atoms with van der Waals surface area (Å²) in [5.41, 5.74) is 2.27. The van der Waals surface area contributed by atoms with Gasteiger partial charge in [0.25, 0.3) is 5.91 Å². The summed E-state index contributed by atoms with van der Waals surface area (Å²) in [6, 6.07) is 5.31. The van der Waals surface area contributed by atoms with Crippen LogP contribution in [0.4, 0.5) is 21.0 Å². The number of hydrogen-bond acceptors (Lipinski definition) is 5. The summed E-state index contributed by atoms with van der Waals surface area (Å²) < 4.78 is 10.1. The number of carbonyl (C=O) groups excluding carboxylic acids is 3. The number of cyclic esters (lactones) is 2. The van der Waals surface area contributed by atoms with Gasteiger partial charge in [-0.1, -0.05) is 0 Å². The fourth-order valence-corrected chi connectivity index (χ4v) is 2.68. The predicted molar refractivity (Wildman–Crippen MR) is 81.6 cm³/mol. The van der Waals surface area contributed by atoms with Crippen LogP contribution in [-0.2, 0) is 20.7 Å². The van der Waals surface area contributed by atoms with E-state index in [-0.39, 0.29) is 19.1 Å². The van der Waals surface area contributed by atoms with Crippen LogP contribution in [0.15, 0.2) is 18.2 Å². The SMILES string of the molecule is CNC(=O)C1CN(c2ccc3c(c2)CCOC(=O)N3C)C(=O)O1. The van der Waals surface area contributed by atoms with Gasteiger partial charge in [-0.2, -0.15) is 0 Å². The fraction of sp³-hybridized carbons (Fsp3) is 0.400. The van der Waals surface area contributed by atoms with Gasteiger partial charge in [0, 0.05) is 26.2 Å². The number of benzene rings is 1. The van der Waals surface area contributed by atoms with Gasteiger partial charge in [-0.25, -0.2) is 9.59 Å². The van der Waals surface area contributed by atoms with E-state index in [4.69, 9.17) is 9.47 Å². The highest BCUT2D eigenvalue weighted by atomic mass is 16.6. The lowest BCUT2D eigenvalue weighted by Crippen LogP contribution is -2.35. The maximum atomic E-state index is 12.0. The van der Waals surface area contributed by atoms with E-state index in [0.717, 1.165) is 11.3 Å². The Morgan fingerprint density at radius 3 is 2.83 bits per heavy atom. The smallest absolute Gasteiger partial charge is 0.415 e. The molecule has 2 aliphatic rings. The molecule has 1 fully saturated rings. The van der Waals surface area contributed by atoms with Gasteiger partial charge >= 0.3 is 12.2 Å². The van der Waals surface area contributed by atoms with E-state index in [2.05, 4.69) is 5.32 Å². The van der Waals surface area contributed by atoms with Crippen molar-refractivity contribution in [3.8, 4) is 0 Å². The maximum absolute atomic E-state index is 12.0. The lowest BCUT2D eigenvalue weighted by Gasteiger charge is -2.19. The third-order valence-corrected chi connectivity index (χ3v) is 3.96. The third kappa shape index (κ3) is 2.67. The fourth-order valence-electron chi connectivity index (χ4n) is 2.68. The number of hydrogen-bond donors (Lipinski definition) is 1. The predicted octanol–water partition coefficient (Wildman–Crippen LogP) is 0.887. The van der Waals surface area contributed by atoms with Crippen molar-refractivity contribution in [1.29, 1.82) is 0 Å². The molecule has 0 bridgehead atoms. The van der Waals surface area contributed by atoms with Crippen molar-refractivity contribution in [1.82, 2.24) is 5.32 Å². The number of nitrogens with one attached hydrogen (secondary N) is 1. The summed E-state index contributed by atoms with van der Waals surface area (Å²) in [7, 11) is 3.13. The molecule has 8 nitrogen and oxygen atoms in total. The lowest BCUT2D eigenvalue weighted by atomic mass is 10.1. The average Bonchev–Trinajstić information content (AvgIpc) is 2.88. The van der Waals surface area contributed by atoms with Crippen molar-refractivity contribution in [3.63, 3.8) is 0 Å². The monoisotopic (exact) mass is 319 g/mol. The average molecular weight is 319 g/mol. The van der Waals surface area contributed by atoms with Crippen LogP contribution < -0.4 is 15.1 Å². The molecular formula is C15H17N3O5. The zero-order chi connectivity index (χ0) is 16.6. The first-order valence-electron chi connectivity index (χ1n) is 7.24. The number of rotatable bonds is 2. The molecular weight excluding hydrogens is 302 g/mol. The molecule has 1 unspecified atom stereocenters. The van der Waals surface area contributed by atoms with Gasteiger partial charge in [0.05, 0.1) is 18.8 Å². The zero-order valence-electron chi connectivity index (χ0n) is 12.9. The number of nitrogens with zero attached hydrogens (tertiary/aromatic N) is 2. The topological polar surface area (TPSA) is 88.2 Å². The second-order valence-corrected chi connectivity index (χ2v) is 5.33. The molecule has 122 valence electrons. The molecule has 2 heterocycles. The van der Waals surface area contributed by atoms with Crippen LogP contribution in [-0.4, -0.2) is 51.4 Å². The van der Waals surface area contributed by atoms with Crippen LogP contribution >= 0.6 is 0 Å². The van der Waals surface area contributed by atoms with Crippen LogP contribution in [0.3, 0.4) is 0 Å². The Balaban J connectivity index is 1.88. The number of carbonyl (C=O) groups is 3. The summed E-state index contributed by atoms with van der Waals surface area (Å²) in [5.74, 6) is -0.339. The molecule has 1 aromatic rings. The van der Waals surface area contributed by atoms with Crippen molar-refractivity contribution in [3.05, 3.63) is 23.8 Å². The van der Waals surface area contributed by atoms with Gasteiger partial charge in [0.1, 0.15) is 0 Å². The van der Waals surface area contributed by atoms with Crippen LogP contribution in [0.2, 0.25) is 0 Å². The summed E-state index contributed by atoms with van der Waals surface area (Å²) >= 11 is 0. The lowest BCUT2D eigenvalue weighted by molar-refractivity contribution is -0.127. The normalized spacial score (nSPS) is 20.5. The molecule has 2 aliphatic heterocycles. The molecule has 0 aliphatic carbocycles. The van der Waals surface area contributed by atoms with Gasteiger partial charge in [-0.15, -0.1) is 0 Å². The largest absolute Gasteiger partial charge is 0.449 e. The quantitative estimate of drug-likeness (QED) is 0.874. The van der Waals surface area contributed by atoms with Crippen molar-refractivity contribution in [2.24, 2.45) is 0 Å². The minimum Gasteiger partial charge on any atom is -0.449 e. The standard InChI is InChI=1S/C15H17N3O5/c1-16-13(19)12-8-18(15(21)23-12)10-3-4-11-9(7-10)5-6-22-14(20)17(11)2/h3-4,7,12H,5-6,8H2,1-2H3,(H,16,19). The minimum absolute atomic E-state index is 0.155. The molecule has 8 heteroatoms. The highest BCUT2D eigenvalue weighted by molar-refractivity contribution is 5.96. The molecule has 3 rings (SSSR count). The van der Waals surface area contributed by atoms with Crippen LogP contribution in [0.5, 0.6) is 0 Å². The Bertz CT molecular complexity index is 675. The van der Waals surface area contributed by atoms with Crippen LogP contribution in [0.25, 0.3) is 0 Å². The Hall–Kier alpha value is -2.77. The van der Waals surface area contributed by atoms with E-state index in [9.17, 15) is 14.4 Å². The summed E-state index contributed by atoms with van der Waals surface area (Å²) in [6.45, 7) is 0.438. The third-order valence-electron chi connectivity index (χ3n) is 3.96. The van der Waals surface area contributed by atoms with Crippen molar-refractivity contribution in [2.75, 3.05) is 37.0 Å². The van der Waals surface area contributed by atoms with Gasteiger partial charge in [-0.3, -0.25) is 14.6 Å². The van der Waals surface area contributed by atoms with Crippen LogP contribution in [0.1, 0.15) is 5.56 Å². The molecule has 0 saturated carbocycles. The van der Waals surface area contributed by atoms with E-state index in [1.807, 2.05) is 6.07 Å². The summed E-state index contributed by atoms with van der Waals surface area (Å²) in [4.78, 5) is 38.1. The Morgan fingerprint density at radius 1 is 1.30 bits per heavy atom. The Labute approximate surface area is 132 Å². The molecule has 1 aromatic carbocycles. The molecule has 0 spiro atoms. The molecule has 1 N–H and O–H groups in total. The second-order valence-electron chi connectivity index (χ2n) is 5.33. The number of amides is 3. The Kier molecular flexibility index (Phi) is 3.81. The van der Waals surface area contributed by atoms with Gasteiger partial charge in [0.2, 0.25) is 0 Å². The number of anilines is 2. The first-order valence-corrected chi connectivity index (χ1v) is 7.24. The first-order chi connectivity index (χ1) is 11.0. The number of fused-ring (bicyclic) bond motifs is 1. The van der Waals surface area contributed by atoms with Crippen molar-refractivity contribution < 1.29 is 23.9 Å². The molecule has 0 radical (unpaired) electrons. The molecule has 0 aromatic heterocycles. The minimum atomic E-state index is -0.820. The highest BCUT2D eigenvalue weighted by Gasteiger charge is 2.37. The zero-order valence-corrected chi connectivity index (χ0v) is 12.9. The summed E-state index contributed by atoms with van der Waals surface area (Å²) in [5, 5.41) is 2.46. The molecule has 1 atom stereocenters. The van der Waals surface area contributed by atoms with E-state index in [1.165, 1.54) is 16.8 Å². The van der Waals surface area contributed by atoms with E-state index in [1.54, 1.807) is 19.2 Å². The highest BCUT2D eigenvalue weighted by Crippen LogP contribution is 2.30. The van der Waals surface area contributed by atoms with E-state index in [0.29, 0.717) is 12.1 Å². The maximum Gasteiger partial charge on any atom is 0.415 e. The van der Waals surface area contributed by atoms with E-state index >= 15 is 0 Å². The molecule has 1 saturated heterocycles. The van der Waals surface area contributed by atoms with Gasteiger partial charge < -0.3 is 14.8 Å². The number of ether oxygens (including phenoxy) is 2. The molecule has 3 amide bonds. The van der Waals surface area contributed by atoms with E-state index < -0.39 is 18.3 Å². The number of likely N-dealkylation sites (N-methyl/N-ethyl adjacent to an activating group) is 1. The van der Waals surface area contributed by atoms with Crippen molar-refractivity contribution in [2.45, 2.75) is 12.5 Å². The second kappa shape index (κ2) is 5.79. The summed E-state index contributed by atoms with van der Waals surface area (Å²) in [6.07, 6.45) is -1.23. The van der Waals surface area contributed by atoms with Gasteiger partial charge in [-0.05, 0) is 23.8 Å². The van der Waals surface area contributed by atoms with Gasteiger partial charge in [0.15, 0.2) is 6.10 Å². The Morgan fingerprint density at radius 2 is 2.09 bits per heavy atom. The first kappa shape index (κ1) is 15.1. The molecule has 23 heavy (non-hydrogen) atoms.